The van der Waals surface area contributed by atoms with E-state index in [9.17, 15) is 4.79 Å². The van der Waals surface area contributed by atoms with Gasteiger partial charge < -0.3 is 10.2 Å². The van der Waals surface area contributed by atoms with Gasteiger partial charge in [-0.1, -0.05) is 13.3 Å². The number of rotatable bonds is 4. The van der Waals surface area contributed by atoms with Crippen LogP contribution >= 0.6 is 0 Å². The summed E-state index contributed by atoms with van der Waals surface area (Å²) in [5.41, 5.74) is 0. The van der Waals surface area contributed by atoms with Crippen molar-refractivity contribution >= 4 is 5.91 Å². The van der Waals surface area contributed by atoms with E-state index in [2.05, 4.69) is 12.2 Å². The van der Waals surface area contributed by atoms with E-state index in [0.717, 1.165) is 32.5 Å². The van der Waals surface area contributed by atoms with Gasteiger partial charge in [0.1, 0.15) is 0 Å². The highest BCUT2D eigenvalue weighted by atomic mass is 16.2. The van der Waals surface area contributed by atoms with Crippen LogP contribution in [0.1, 0.15) is 41.0 Å². The lowest BCUT2D eigenvalue weighted by molar-refractivity contribution is -0.129. The summed E-state index contributed by atoms with van der Waals surface area (Å²) in [6.07, 6.45) is 4.73. The third kappa shape index (κ3) is 3.66. The molecule has 1 aliphatic rings. The number of hydrogen-bond acceptors (Lipinski definition) is 2. The molecule has 0 aromatic rings. The Hall–Kier alpha value is -0.570. The van der Waals surface area contributed by atoms with Crippen molar-refractivity contribution in [1.82, 2.24) is 10.2 Å². The van der Waals surface area contributed by atoms with Crippen molar-refractivity contribution < 1.29 is 6.22 Å². The molecule has 84 valence electrons. The molecule has 0 aliphatic carbocycles. The maximum atomic E-state index is 11.1. The van der Waals surface area contributed by atoms with Crippen LogP contribution in [0.5, 0.6) is 0 Å². The largest absolute Gasteiger partial charge is 0.343 e. The minimum atomic E-state index is 0. The van der Waals surface area contributed by atoms with Gasteiger partial charge in [0.15, 0.2) is 0 Å². The number of unbranched alkanes of at least 4 members (excludes halogenated alkanes) is 1. The Balaban J connectivity index is 0.00000196. The number of carbonyl (C=O) groups is 1. The summed E-state index contributed by atoms with van der Waals surface area (Å²) in [5, 5.41) is 3.54. The highest BCUT2D eigenvalue weighted by Gasteiger charge is 2.19. The number of nitrogens with one attached hydrogen (secondary N) is 1. The fraction of sp³-hybridized carbons (Fsp3) is 0.909. The van der Waals surface area contributed by atoms with E-state index in [-0.39, 0.29) is 7.33 Å². The van der Waals surface area contributed by atoms with Gasteiger partial charge in [-0.2, -0.15) is 0 Å². The maximum absolute atomic E-state index is 11.1. The number of carbonyl (C=O) groups excluding carboxylic acids is 1. The average molecular weight is 200 g/mol. The van der Waals surface area contributed by atoms with Gasteiger partial charge in [-0.15, -0.1) is 0 Å². The Labute approximate surface area is 88.3 Å². The summed E-state index contributed by atoms with van der Waals surface area (Å²) < 4.78 is 0. The molecule has 1 saturated heterocycles. The summed E-state index contributed by atoms with van der Waals surface area (Å²) in [4.78, 5) is 13.0. The summed E-state index contributed by atoms with van der Waals surface area (Å²) in [6.45, 7) is 6.85. The van der Waals surface area contributed by atoms with Crippen LogP contribution in [-0.4, -0.2) is 36.5 Å². The van der Waals surface area contributed by atoms with E-state index in [0.29, 0.717) is 6.04 Å². The predicted molar refractivity (Wildman–Crippen MR) is 60.3 cm³/mol. The van der Waals surface area contributed by atoms with E-state index >= 15 is 0 Å². The fourth-order valence-electron chi connectivity index (χ4n) is 1.88. The maximum Gasteiger partial charge on any atom is 0.219 e. The monoisotopic (exact) mass is 200 g/mol. The van der Waals surface area contributed by atoms with E-state index < -0.39 is 0 Å². The Morgan fingerprint density at radius 1 is 1.50 bits per heavy atom. The van der Waals surface area contributed by atoms with Gasteiger partial charge in [0.05, 0.1) is 0 Å². The van der Waals surface area contributed by atoms with Crippen LogP contribution in [-0.2, 0) is 4.79 Å². The van der Waals surface area contributed by atoms with E-state index in [1.165, 1.54) is 12.8 Å². The predicted octanol–water partition coefficient (Wildman–Crippen LogP) is 1.63. The van der Waals surface area contributed by atoms with E-state index in [1.807, 2.05) is 4.90 Å². The van der Waals surface area contributed by atoms with Gasteiger partial charge in [-0.25, -0.2) is 0 Å². The molecule has 1 aliphatic heterocycles. The normalized spacial score (nSPS) is 18.6. The zero-order chi connectivity index (χ0) is 10.4. The van der Waals surface area contributed by atoms with Gasteiger partial charge in [-0.05, 0) is 25.8 Å². The molecular formula is C11H24N2O. The van der Waals surface area contributed by atoms with Crippen LogP contribution in [0.2, 0.25) is 0 Å². The van der Waals surface area contributed by atoms with E-state index in [4.69, 9.17) is 0 Å². The lowest BCUT2D eigenvalue weighted by Crippen LogP contribution is -2.44. The van der Waals surface area contributed by atoms with E-state index in [1.54, 1.807) is 6.92 Å². The summed E-state index contributed by atoms with van der Waals surface area (Å²) in [5.74, 6) is 0.219. The third-order valence-electron chi connectivity index (χ3n) is 2.90. The van der Waals surface area contributed by atoms with Crippen molar-refractivity contribution in [1.29, 1.82) is 0 Å². The molecule has 3 heteroatoms. The molecule has 1 heterocycles. The first-order valence-electron chi connectivity index (χ1n) is 5.73. The van der Waals surface area contributed by atoms with Crippen molar-refractivity contribution in [2.24, 2.45) is 0 Å². The van der Waals surface area contributed by atoms with Crippen LogP contribution in [0.25, 0.3) is 0 Å². The fourth-order valence-corrected chi connectivity index (χ4v) is 1.88. The molecule has 0 spiro atoms. The second kappa shape index (κ2) is 6.02. The molecule has 0 unspecified atom stereocenters. The Morgan fingerprint density at radius 3 is 2.64 bits per heavy atom. The molecule has 0 saturated carbocycles. The molecule has 0 bridgehead atoms. The Bertz CT molecular complexity index is 179. The van der Waals surface area contributed by atoms with Crippen molar-refractivity contribution in [3.05, 3.63) is 0 Å². The third-order valence-corrected chi connectivity index (χ3v) is 2.90. The average Bonchev–Trinajstić information content (AvgIpc) is 2.19. The minimum Gasteiger partial charge on any atom is -0.343 e. The van der Waals surface area contributed by atoms with Gasteiger partial charge >= 0.3 is 0 Å². The molecule has 0 radical (unpaired) electrons. The molecule has 0 aromatic carbocycles. The number of hydrogen-bond donors (Lipinski definition) is 1. The summed E-state index contributed by atoms with van der Waals surface area (Å²) in [6, 6.07) is 0.636. The number of amides is 1. The van der Waals surface area contributed by atoms with Crippen LogP contribution in [0.15, 0.2) is 0 Å². The van der Waals surface area contributed by atoms with Gasteiger partial charge in [-0.3, -0.25) is 4.79 Å². The second-order valence-electron chi connectivity index (χ2n) is 4.09. The van der Waals surface area contributed by atoms with Crippen molar-refractivity contribution in [2.75, 3.05) is 19.6 Å². The first kappa shape index (κ1) is 11.5. The van der Waals surface area contributed by atoms with Crippen LogP contribution < -0.4 is 5.32 Å². The second-order valence-corrected chi connectivity index (χ2v) is 4.09. The molecule has 3 nitrogen and oxygen atoms in total. The van der Waals surface area contributed by atoms with Gasteiger partial charge in [0.25, 0.3) is 0 Å². The lowest BCUT2D eigenvalue weighted by atomic mass is 10.0. The highest BCUT2D eigenvalue weighted by Crippen LogP contribution is 2.10. The SMILES string of the molecule is CCCCNC1CCN(C(C)=O)CC1.[HH]. The molecule has 0 aromatic heterocycles. The topological polar surface area (TPSA) is 32.3 Å². The van der Waals surface area contributed by atoms with Crippen molar-refractivity contribution in [3.8, 4) is 0 Å². The van der Waals surface area contributed by atoms with Crippen LogP contribution in [0, 0.1) is 0 Å². The van der Waals surface area contributed by atoms with Crippen molar-refractivity contribution in [3.63, 3.8) is 0 Å². The summed E-state index contributed by atoms with van der Waals surface area (Å²) in [7, 11) is 0. The molecular weight excluding hydrogens is 176 g/mol. The Morgan fingerprint density at radius 2 is 2.14 bits per heavy atom. The molecule has 1 N–H and O–H groups in total. The lowest BCUT2D eigenvalue weighted by Gasteiger charge is -2.31. The number of piperidine rings is 1. The number of likely N-dealkylation sites (tertiary alicyclic amines) is 1. The van der Waals surface area contributed by atoms with Crippen molar-refractivity contribution in [2.45, 2.75) is 45.6 Å². The smallest absolute Gasteiger partial charge is 0.219 e. The summed E-state index contributed by atoms with van der Waals surface area (Å²) >= 11 is 0. The molecule has 14 heavy (non-hydrogen) atoms. The highest BCUT2D eigenvalue weighted by molar-refractivity contribution is 5.73. The molecule has 1 fully saturated rings. The van der Waals surface area contributed by atoms with Gasteiger partial charge in [0.2, 0.25) is 5.91 Å². The molecule has 1 rings (SSSR count). The first-order valence-corrected chi connectivity index (χ1v) is 5.73. The minimum absolute atomic E-state index is 0. The van der Waals surface area contributed by atoms with Crippen LogP contribution in [0.3, 0.4) is 0 Å². The van der Waals surface area contributed by atoms with Crippen LogP contribution in [0.4, 0.5) is 0 Å². The number of nitrogens with zero attached hydrogens (tertiary/aromatic N) is 1. The molecule has 1 amide bonds. The zero-order valence-corrected chi connectivity index (χ0v) is 9.38. The molecule has 0 atom stereocenters. The van der Waals surface area contributed by atoms with Gasteiger partial charge in [0, 0.05) is 27.5 Å². The quantitative estimate of drug-likeness (QED) is 0.700. The zero-order valence-electron chi connectivity index (χ0n) is 9.38. The Kier molecular flexibility index (Phi) is 4.94. The first-order chi connectivity index (χ1) is 6.74. The standard InChI is InChI=1S/C11H22N2O.H2/c1-3-4-7-12-11-5-8-13(9-6-11)10(2)14;/h11-12H,3-9H2,1-2H3;1H.